The molecule has 0 radical (unpaired) electrons. The maximum absolute atomic E-state index is 11.9. The van der Waals surface area contributed by atoms with Crippen LogP contribution in [0.25, 0.3) is 0 Å². The van der Waals surface area contributed by atoms with E-state index in [2.05, 4.69) is 4.74 Å². The normalized spacial score (nSPS) is 11.3. The molecule has 0 saturated carbocycles. The zero-order chi connectivity index (χ0) is 13.9. The summed E-state index contributed by atoms with van der Waals surface area (Å²) in [4.78, 5) is 23.7. The maximum Gasteiger partial charge on any atom is 0.574 e. The molecular weight excluding hydrogens is 279 g/mol. The molecule has 18 heavy (non-hydrogen) atoms. The fourth-order valence-electron chi connectivity index (χ4n) is 1.26. The Balaban J connectivity index is 3.19. The van der Waals surface area contributed by atoms with Crippen LogP contribution < -0.4 is 10.3 Å². The van der Waals surface area contributed by atoms with E-state index in [1.165, 1.54) is 0 Å². The molecule has 0 aliphatic heterocycles. The van der Waals surface area contributed by atoms with Gasteiger partial charge in [0.15, 0.2) is 0 Å². The summed E-state index contributed by atoms with van der Waals surface area (Å²) in [5.41, 5.74) is -1.20. The van der Waals surface area contributed by atoms with Gasteiger partial charge in [-0.1, -0.05) is 0 Å². The van der Waals surface area contributed by atoms with Crippen LogP contribution in [0.3, 0.4) is 0 Å². The van der Waals surface area contributed by atoms with E-state index in [0.29, 0.717) is 0 Å². The van der Waals surface area contributed by atoms with Gasteiger partial charge in [0.05, 0.1) is 6.42 Å². The first-order valence-corrected chi connectivity index (χ1v) is 5.05. The highest BCUT2D eigenvalue weighted by atomic mass is 35.5. The van der Waals surface area contributed by atoms with Crippen LogP contribution in [0.15, 0.2) is 10.9 Å². The average molecular weight is 286 g/mol. The molecule has 0 amide bonds. The fourth-order valence-corrected chi connectivity index (χ4v) is 1.50. The lowest BCUT2D eigenvalue weighted by Gasteiger charge is -2.11. The smallest absolute Gasteiger partial charge is 0.481 e. The van der Waals surface area contributed by atoms with Gasteiger partial charge >= 0.3 is 12.3 Å². The maximum atomic E-state index is 11.9. The van der Waals surface area contributed by atoms with E-state index in [-0.39, 0.29) is 17.0 Å². The molecule has 100 valence electrons. The number of carboxylic acids is 1. The number of aromatic amines is 1. The molecule has 0 fully saturated rings. The van der Waals surface area contributed by atoms with E-state index in [1.54, 1.807) is 4.98 Å². The minimum atomic E-state index is -4.96. The highest BCUT2D eigenvalue weighted by molar-refractivity contribution is 6.17. The second-order valence-corrected chi connectivity index (χ2v) is 3.49. The third-order valence-electron chi connectivity index (χ3n) is 1.90. The van der Waals surface area contributed by atoms with Gasteiger partial charge in [0, 0.05) is 17.5 Å². The lowest BCUT2D eigenvalue weighted by atomic mass is 10.1. The standard InChI is InChI=1S/C9H7ClF3NO4/c10-3-4-1-6(18-9(11,12)13)14-8(17)5(4)2-7(15)16/h1H,2-3H2,(H,14,17)(H,15,16). The molecule has 0 saturated heterocycles. The van der Waals surface area contributed by atoms with Gasteiger partial charge in [0.2, 0.25) is 5.88 Å². The predicted molar refractivity (Wildman–Crippen MR) is 54.6 cm³/mol. The lowest BCUT2D eigenvalue weighted by Crippen LogP contribution is -2.23. The van der Waals surface area contributed by atoms with E-state index in [4.69, 9.17) is 16.7 Å². The largest absolute Gasteiger partial charge is 0.574 e. The van der Waals surface area contributed by atoms with Crippen molar-refractivity contribution in [3.63, 3.8) is 0 Å². The SMILES string of the molecule is O=C(O)Cc1c(CCl)cc(OC(F)(F)F)[nH]c1=O. The zero-order valence-corrected chi connectivity index (χ0v) is 9.43. The number of rotatable bonds is 4. The molecule has 1 aromatic rings. The summed E-state index contributed by atoms with van der Waals surface area (Å²) in [5.74, 6) is -2.44. The first kappa shape index (κ1) is 14.4. The topological polar surface area (TPSA) is 79.4 Å². The summed E-state index contributed by atoms with van der Waals surface area (Å²) >= 11 is 5.45. The van der Waals surface area contributed by atoms with Crippen LogP contribution in [0.4, 0.5) is 13.2 Å². The van der Waals surface area contributed by atoms with Crippen LogP contribution in [0.5, 0.6) is 5.88 Å². The zero-order valence-electron chi connectivity index (χ0n) is 8.68. The van der Waals surface area contributed by atoms with Crippen molar-refractivity contribution in [3.8, 4) is 5.88 Å². The minimum absolute atomic E-state index is 0.0259. The Bertz CT molecular complexity index is 512. The predicted octanol–water partition coefficient (Wildman–Crippen LogP) is 1.64. The van der Waals surface area contributed by atoms with Crippen molar-refractivity contribution < 1.29 is 27.8 Å². The molecule has 1 heterocycles. The number of carbonyl (C=O) groups is 1. The molecule has 2 N–H and O–H groups in total. The van der Waals surface area contributed by atoms with Gasteiger partial charge in [-0.15, -0.1) is 24.8 Å². The summed E-state index contributed by atoms with van der Waals surface area (Å²) in [6.07, 6.45) is -5.59. The Kier molecular flexibility index (Phi) is 4.23. The van der Waals surface area contributed by atoms with Crippen LogP contribution in [0, 0.1) is 0 Å². The van der Waals surface area contributed by atoms with Crippen molar-refractivity contribution in [2.24, 2.45) is 0 Å². The summed E-state index contributed by atoms with van der Waals surface area (Å²) < 4.78 is 39.4. The van der Waals surface area contributed by atoms with E-state index >= 15 is 0 Å². The number of H-pyrrole nitrogens is 1. The number of hydrogen-bond acceptors (Lipinski definition) is 3. The molecule has 1 aromatic heterocycles. The Labute approximate surface area is 103 Å². The number of aromatic nitrogens is 1. The van der Waals surface area contributed by atoms with Gasteiger partial charge in [-0.3, -0.25) is 14.6 Å². The highest BCUT2D eigenvalue weighted by Gasteiger charge is 2.32. The summed E-state index contributed by atoms with van der Waals surface area (Å²) in [6.45, 7) is 0. The highest BCUT2D eigenvalue weighted by Crippen LogP contribution is 2.22. The van der Waals surface area contributed by atoms with E-state index < -0.39 is 30.2 Å². The molecule has 0 spiro atoms. The molecule has 9 heteroatoms. The minimum Gasteiger partial charge on any atom is -0.481 e. The Morgan fingerprint density at radius 2 is 2.11 bits per heavy atom. The van der Waals surface area contributed by atoms with Gasteiger partial charge < -0.3 is 9.84 Å². The molecule has 0 aromatic carbocycles. The van der Waals surface area contributed by atoms with Crippen molar-refractivity contribution >= 4 is 17.6 Å². The molecule has 0 unspecified atom stereocenters. The fraction of sp³-hybridized carbons (Fsp3) is 0.333. The molecule has 0 aliphatic carbocycles. The van der Waals surface area contributed by atoms with Gasteiger partial charge in [0.1, 0.15) is 0 Å². The molecular formula is C9H7ClF3NO4. The number of pyridine rings is 1. The Morgan fingerprint density at radius 1 is 1.50 bits per heavy atom. The number of halogens is 4. The molecule has 0 atom stereocenters. The molecule has 0 bridgehead atoms. The van der Waals surface area contributed by atoms with Crippen LogP contribution >= 0.6 is 11.6 Å². The molecule has 1 rings (SSSR count). The Hall–Kier alpha value is -1.70. The van der Waals surface area contributed by atoms with Crippen molar-refractivity contribution in [2.75, 3.05) is 0 Å². The molecule has 5 nitrogen and oxygen atoms in total. The third-order valence-corrected chi connectivity index (χ3v) is 2.19. The van der Waals surface area contributed by atoms with E-state index in [1.807, 2.05) is 0 Å². The van der Waals surface area contributed by atoms with Crippen LogP contribution in [0.2, 0.25) is 0 Å². The summed E-state index contributed by atoms with van der Waals surface area (Å²) in [7, 11) is 0. The van der Waals surface area contributed by atoms with Crippen LogP contribution in [0.1, 0.15) is 11.1 Å². The lowest BCUT2D eigenvalue weighted by molar-refractivity contribution is -0.276. The number of carboxylic acid groups (broad SMARTS) is 1. The van der Waals surface area contributed by atoms with Gasteiger partial charge in [-0.05, 0) is 5.56 Å². The Morgan fingerprint density at radius 3 is 2.56 bits per heavy atom. The summed E-state index contributed by atoms with van der Waals surface area (Å²) in [6, 6.07) is 0.847. The third kappa shape index (κ3) is 3.95. The van der Waals surface area contributed by atoms with Gasteiger partial charge in [-0.25, -0.2) is 0 Å². The second-order valence-electron chi connectivity index (χ2n) is 3.22. The van der Waals surface area contributed by atoms with Crippen LogP contribution in [-0.4, -0.2) is 22.4 Å². The van der Waals surface area contributed by atoms with Crippen molar-refractivity contribution in [1.82, 2.24) is 4.98 Å². The van der Waals surface area contributed by atoms with Crippen LogP contribution in [-0.2, 0) is 17.1 Å². The number of alkyl halides is 4. The quantitative estimate of drug-likeness (QED) is 0.824. The summed E-state index contributed by atoms with van der Waals surface area (Å²) in [5, 5.41) is 8.56. The first-order chi connectivity index (χ1) is 8.23. The molecule has 0 aliphatic rings. The van der Waals surface area contributed by atoms with E-state index in [0.717, 1.165) is 6.07 Å². The van der Waals surface area contributed by atoms with Crippen molar-refractivity contribution in [3.05, 3.63) is 27.5 Å². The second kappa shape index (κ2) is 5.30. The number of aliphatic carboxylic acids is 1. The first-order valence-electron chi connectivity index (χ1n) is 4.51. The number of nitrogens with one attached hydrogen (secondary N) is 1. The van der Waals surface area contributed by atoms with E-state index in [9.17, 15) is 22.8 Å². The van der Waals surface area contributed by atoms with Gasteiger partial charge in [-0.2, -0.15) is 0 Å². The van der Waals surface area contributed by atoms with Crippen molar-refractivity contribution in [1.29, 1.82) is 0 Å². The monoisotopic (exact) mass is 285 g/mol. The number of ether oxygens (including phenoxy) is 1. The van der Waals surface area contributed by atoms with Crippen molar-refractivity contribution in [2.45, 2.75) is 18.7 Å². The van der Waals surface area contributed by atoms with Gasteiger partial charge in [0.25, 0.3) is 5.56 Å². The average Bonchev–Trinajstić information content (AvgIpc) is 2.18. The number of hydrogen-bond donors (Lipinski definition) is 2.